The highest BCUT2D eigenvalue weighted by molar-refractivity contribution is 5.89. The molecule has 0 fully saturated rings. The summed E-state index contributed by atoms with van der Waals surface area (Å²) in [7, 11) is 0. The van der Waals surface area contributed by atoms with Crippen LogP contribution < -0.4 is 5.56 Å². The number of halogens is 2. The molecule has 0 bridgehead atoms. The number of hydrogen-bond donors (Lipinski definition) is 1. The summed E-state index contributed by atoms with van der Waals surface area (Å²) in [6.45, 7) is 3.42. The smallest absolute Gasteiger partial charge is 0.303 e. The maximum atomic E-state index is 13.9. The van der Waals surface area contributed by atoms with Gasteiger partial charge in [-0.15, -0.1) is 0 Å². The second kappa shape index (κ2) is 8.49. The Labute approximate surface area is 185 Å². The molecule has 0 spiro atoms. The van der Waals surface area contributed by atoms with Crippen LogP contribution in [-0.2, 0) is 37.0 Å². The highest BCUT2D eigenvalue weighted by atomic mass is 19.3. The predicted molar refractivity (Wildman–Crippen MR) is 122 cm³/mol. The molecule has 6 heteroatoms. The quantitative estimate of drug-likeness (QED) is 0.537. The predicted octanol–water partition coefficient (Wildman–Crippen LogP) is 5.39. The standard InChI is InChI=1S/C26H27F2NO3/c1-3-29-23-11-10-17(14-22(23)19-5-4-6-20(19)25(29)32)21-13-16(8-12-24(30)31)7-9-18(21)15-26(2,27)28/h7,9-11,13-14H,3-6,8,12,15H2,1-2H3,(H,30,31). The molecule has 4 rings (SSSR count). The maximum Gasteiger partial charge on any atom is 0.303 e. The first kappa shape index (κ1) is 22.2. The van der Waals surface area contributed by atoms with Gasteiger partial charge in [-0.25, -0.2) is 8.78 Å². The van der Waals surface area contributed by atoms with E-state index in [1.165, 1.54) is 0 Å². The highest BCUT2D eigenvalue weighted by Gasteiger charge is 2.25. The molecule has 2 aromatic carbocycles. The molecular weight excluding hydrogens is 412 g/mol. The lowest BCUT2D eigenvalue weighted by Gasteiger charge is -2.18. The first-order valence-corrected chi connectivity index (χ1v) is 11.1. The number of rotatable bonds is 7. The Bertz CT molecular complexity index is 1250. The fraction of sp³-hybridized carbons (Fsp3) is 0.385. The van der Waals surface area contributed by atoms with Crippen molar-refractivity contribution in [3.63, 3.8) is 0 Å². The normalized spacial score (nSPS) is 13.5. The van der Waals surface area contributed by atoms with Crippen LogP contribution in [0.4, 0.5) is 8.78 Å². The van der Waals surface area contributed by atoms with Crippen molar-refractivity contribution in [1.82, 2.24) is 4.57 Å². The number of fused-ring (bicyclic) bond motifs is 3. The zero-order chi connectivity index (χ0) is 23.0. The van der Waals surface area contributed by atoms with E-state index in [1.807, 2.05) is 31.2 Å². The van der Waals surface area contributed by atoms with E-state index in [0.29, 0.717) is 24.1 Å². The molecule has 0 atom stereocenters. The number of aryl methyl sites for hydroxylation is 3. The van der Waals surface area contributed by atoms with Crippen LogP contribution in [0, 0.1) is 0 Å². The van der Waals surface area contributed by atoms with Crippen LogP contribution in [0.2, 0.25) is 0 Å². The second-order valence-electron chi connectivity index (χ2n) is 8.72. The van der Waals surface area contributed by atoms with E-state index in [-0.39, 0.29) is 12.0 Å². The molecule has 1 aromatic heterocycles. The number of pyridine rings is 1. The number of nitrogens with zero attached hydrogens (tertiary/aromatic N) is 1. The number of aliphatic carboxylic acids is 1. The molecule has 0 radical (unpaired) electrons. The number of alkyl halides is 2. The van der Waals surface area contributed by atoms with Gasteiger partial charge in [0, 0.05) is 30.3 Å². The maximum absolute atomic E-state index is 13.9. The topological polar surface area (TPSA) is 59.3 Å². The van der Waals surface area contributed by atoms with E-state index in [9.17, 15) is 18.4 Å². The second-order valence-corrected chi connectivity index (χ2v) is 8.72. The molecule has 3 aromatic rings. The molecule has 1 aliphatic carbocycles. The third-order valence-electron chi connectivity index (χ3n) is 6.26. The van der Waals surface area contributed by atoms with Gasteiger partial charge in [0.2, 0.25) is 5.92 Å². The summed E-state index contributed by atoms with van der Waals surface area (Å²) >= 11 is 0. The van der Waals surface area contributed by atoms with Crippen LogP contribution in [0.25, 0.3) is 22.0 Å². The molecule has 1 N–H and O–H groups in total. The Balaban J connectivity index is 1.90. The van der Waals surface area contributed by atoms with E-state index < -0.39 is 18.3 Å². The van der Waals surface area contributed by atoms with Gasteiger partial charge in [0.1, 0.15) is 0 Å². The van der Waals surface area contributed by atoms with Gasteiger partial charge >= 0.3 is 5.97 Å². The van der Waals surface area contributed by atoms with Gasteiger partial charge in [0.05, 0.1) is 5.52 Å². The fourth-order valence-electron chi connectivity index (χ4n) is 4.83. The van der Waals surface area contributed by atoms with Gasteiger partial charge in [-0.05, 0) is 79.5 Å². The number of carbonyl (C=O) groups is 1. The molecule has 4 nitrogen and oxygen atoms in total. The lowest BCUT2D eigenvalue weighted by Crippen LogP contribution is -2.23. The van der Waals surface area contributed by atoms with Crippen LogP contribution in [0.1, 0.15) is 48.9 Å². The largest absolute Gasteiger partial charge is 0.481 e. The van der Waals surface area contributed by atoms with Crippen LogP contribution in [0.3, 0.4) is 0 Å². The Kier molecular flexibility index (Phi) is 5.89. The first-order chi connectivity index (χ1) is 15.2. The van der Waals surface area contributed by atoms with Gasteiger partial charge in [0.25, 0.3) is 5.56 Å². The average Bonchev–Trinajstić information content (AvgIpc) is 3.23. The molecule has 0 saturated heterocycles. The van der Waals surface area contributed by atoms with Crippen molar-refractivity contribution in [2.24, 2.45) is 0 Å². The van der Waals surface area contributed by atoms with Crippen LogP contribution in [0.5, 0.6) is 0 Å². The average molecular weight is 440 g/mol. The summed E-state index contributed by atoms with van der Waals surface area (Å²) < 4.78 is 29.6. The van der Waals surface area contributed by atoms with Crippen molar-refractivity contribution in [3.8, 4) is 11.1 Å². The first-order valence-electron chi connectivity index (χ1n) is 11.1. The Morgan fingerprint density at radius 1 is 1.12 bits per heavy atom. The lowest BCUT2D eigenvalue weighted by atomic mass is 9.91. The van der Waals surface area contributed by atoms with E-state index in [1.54, 1.807) is 16.7 Å². The van der Waals surface area contributed by atoms with Crippen molar-refractivity contribution in [3.05, 3.63) is 69.0 Å². The molecule has 1 heterocycles. The molecule has 168 valence electrons. The number of carboxylic acids is 1. The van der Waals surface area contributed by atoms with Crippen LogP contribution in [0.15, 0.2) is 41.2 Å². The zero-order valence-corrected chi connectivity index (χ0v) is 18.4. The fourth-order valence-corrected chi connectivity index (χ4v) is 4.83. The van der Waals surface area contributed by atoms with Crippen molar-refractivity contribution in [1.29, 1.82) is 0 Å². The number of benzene rings is 2. The SMILES string of the molecule is CCn1c(=O)c2c(c3cc(-c4cc(CCC(=O)O)ccc4CC(C)(F)F)ccc31)CCC2. The van der Waals surface area contributed by atoms with Crippen LogP contribution in [-0.4, -0.2) is 21.6 Å². The molecule has 0 aliphatic heterocycles. The van der Waals surface area contributed by atoms with Gasteiger partial charge in [-0.2, -0.15) is 0 Å². The van der Waals surface area contributed by atoms with Gasteiger partial charge < -0.3 is 9.67 Å². The van der Waals surface area contributed by atoms with E-state index in [4.69, 9.17) is 5.11 Å². The van der Waals surface area contributed by atoms with Gasteiger partial charge in [-0.1, -0.05) is 24.3 Å². The summed E-state index contributed by atoms with van der Waals surface area (Å²) in [6, 6.07) is 11.1. The third kappa shape index (κ3) is 4.31. The minimum atomic E-state index is -2.86. The van der Waals surface area contributed by atoms with Gasteiger partial charge in [0.15, 0.2) is 0 Å². The third-order valence-corrected chi connectivity index (χ3v) is 6.26. The Morgan fingerprint density at radius 2 is 1.88 bits per heavy atom. The zero-order valence-electron chi connectivity index (χ0n) is 18.4. The number of hydrogen-bond acceptors (Lipinski definition) is 2. The Morgan fingerprint density at radius 3 is 2.56 bits per heavy atom. The summed E-state index contributed by atoms with van der Waals surface area (Å²) in [5.41, 5.74) is 5.70. The molecular formula is C26H27F2NO3. The molecule has 1 aliphatic rings. The lowest BCUT2D eigenvalue weighted by molar-refractivity contribution is -0.136. The molecule has 0 unspecified atom stereocenters. The summed E-state index contributed by atoms with van der Waals surface area (Å²) in [5, 5.41) is 10.0. The van der Waals surface area contributed by atoms with Crippen molar-refractivity contribution in [2.45, 2.75) is 64.8 Å². The summed E-state index contributed by atoms with van der Waals surface area (Å²) in [6.07, 6.45) is 2.47. The molecule has 0 amide bonds. The highest BCUT2D eigenvalue weighted by Crippen LogP contribution is 2.34. The minimum absolute atomic E-state index is 0.0171. The summed E-state index contributed by atoms with van der Waals surface area (Å²) in [5.74, 6) is -3.76. The number of carboxylic acid groups (broad SMARTS) is 1. The monoisotopic (exact) mass is 439 g/mol. The van der Waals surface area contributed by atoms with Crippen molar-refractivity contribution >= 4 is 16.9 Å². The Hall–Kier alpha value is -3.02. The molecule has 0 saturated carbocycles. The van der Waals surface area contributed by atoms with Crippen LogP contribution >= 0.6 is 0 Å². The van der Waals surface area contributed by atoms with Gasteiger partial charge in [-0.3, -0.25) is 9.59 Å². The van der Waals surface area contributed by atoms with E-state index >= 15 is 0 Å². The summed E-state index contributed by atoms with van der Waals surface area (Å²) in [4.78, 5) is 23.9. The van der Waals surface area contributed by atoms with Crippen molar-refractivity contribution in [2.75, 3.05) is 0 Å². The molecule has 32 heavy (non-hydrogen) atoms. The van der Waals surface area contributed by atoms with Crippen molar-refractivity contribution < 1.29 is 18.7 Å². The van der Waals surface area contributed by atoms with E-state index in [2.05, 4.69) is 0 Å². The number of aromatic nitrogens is 1. The minimum Gasteiger partial charge on any atom is -0.481 e. The van der Waals surface area contributed by atoms with E-state index in [0.717, 1.165) is 59.3 Å².